The second-order valence-electron chi connectivity index (χ2n) is 6.23. The topological polar surface area (TPSA) is 78.0 Å². The SMILES string of the molecule is Nn1c(C2CC2)nc2cc(C(F)(F)F)ccc2c1=O.O=C(Cl)C1CC1. The monoisotopic (exact) mass is 373 g/mol. The van der Waals surface area contributed by atoms with Gasteiger partial charge in [-0.25, -0.2) is 9.66 Å². The molecule has 25 heavy (non-hydrogen) atoms. The minimum absolute atomic E-state index is 0.0448. The summed E-state index contributed by atoms with van der Waals surface area (Å²) in [5.41, 5.74) is -1.28. The Balaban J connectivity index is 0.000000258. The third-order valence-electron chi connectivity index (χ3n) is 4.10. The molecule has 0 bridgehead atoms. The first-order valence-electron chi connectivity index (χ1n) is 7.77. The van der Waals surface area contributed by atoms with Crippen molar-refractivity contribution in [3.8, 4) is 0 Å². The van der Waals surface area contributed by atoms with Gasteiger partial charge in [-0.1, -0.05) is 0 Å². The fourth-order valence-electron chi connectivity index (χ4n) is 2.33. The largest absolute Gasteiger partial charge is 0.416 e. The number of fused-ring (bicyclic) bond motifs is 1. The zero-order valence-electron chi connectivity index (χ0n) is 13.0. The third kappa shape index (κ3) is 3.95. The minimum Gasteiger partial charge on any atom is -0.335 e. The summed E-state index contributed by atoms with van der Waals surface area (Å²) in [6.07, 6.45) is -0.708. The Morgan fingerprint density at radius 3 is 2.32 bits per heavy atom. The van der Waals surface area contributed by atoms with Crippen LogP contribution in [0.5, 0.6) is 0 Å². The maximum absolute atomic E-state index is 12.6. The molecule has 4 rings (SSSR count). The van der Waals surface area contributed by atoms with Gasteiger partial charge in [0.1, 0.15) is 5.82 Å². The summed E-state index contributed by atoms with van der Waals surface area (Å²) >= 11 is 5.04. The maximum atomic E-state index is 12.6. The summed E-state index contributed by atoms with van der Waals surface area (Å²) < 4.78 is 38.8. The molecule has 2 N–H and O–H groups in total. The molecule has 5 nitrogen and oxygen atoms in total. The van der Waals surface area contributed by atoms with Crippen molar-refractivity contribution >= 4 is 27.7 Å². The molecule has 9 heteroatoms. The normalized spacial score (nSPS) is 17.1. The van der Waals surface area contributed by atoms with Gasteiger partial charge in [-0.3, -0.25) is 9.59 Å². The summed E-state index contributed by atoms with van der Waals surface area (Å²) in [5, 5.41) is -0.0603. The predicted molar refractivity (Wildman–Crippen MR) is 86.7 cm³/mol. The zero-order valence-corrected chi connectivity index (χ0v) is 13.8. The number of alkyl halides is 3. The lowest BCUT2D eigenvalue weighted by molar-refractivity contribution is -0.137. The molecule has 0 amide bonds. The van der Waals surface area contributed by atoms with Crippen molar-refractivity contribution in [3.05, 3.63) is 39.9 Å². The smallest absolute Gasteiger partial charge is 0.335 e. The average Bonchev–Trinajstić information content (AvgIpc) is 3.41. The second-order valence-corrected chi connectivity index (χ2v) is 6.60. The Morgan fingerprint density at radius 1 is 1.24 bits per heavy atom. The van der Waals surface area contributed by atoms with Crippen LogP contribution in [0.15, 0.2) is 23.0 Å². The number of nitrogens with zero attached hydrogens (tertiary/aromatic N) is 2. The van der Waals surface area contributed by atoms with Crippen LogP contribution in [0.4, 0.5) is 13.2 Å². The highest BCUT2D eigenvalue weighted by molar-refractivity contribution is 6.64. The predicted octanol–water partition coefficient (Wildman–Crippen LogP) is 3.17. The van der Waals surface area contributed by atoms with E-state index >= 15 is 0 Å². The number of carbonyl (C=O) groups is 1. The van der Waals surface area contributed by atoms with Gasteiger partial charge in [0.25, 0.3) is 5.56 Å². The average molecular weight is 374 g/mol. The Bertz CT molecular complexity index is 887. The van der Waals surface area contributed by atoms with Gasteiger partial charge >= 0.3 is 6.18 Å². The van der Waals surface area contributed by atoms with E-state index in [0.29, 0.717) is 5.82 Å². The Labute approximate surface area is 145 Å². The number of hydrogen-bond donors (Lipinski definition) is 1. The molecule has 0 atom stereocenters. The van der Waals surface area contributed by atoms with Crippen LogP contribution in [0.3, 0.4) is 0 Å². The first-order valence-corrected chi connectivity index (χ1v) is 8.14. The lowest BCUT2D eigenvalue weighted by Crippen LogP contribution is -2.31. The number of hydrogen-bond acceptors (Lipinski definition) is 4. The van der Waals surface area contributed by atoms with Gasteiger partial charge in [0.15, 0.2) is 0 Å². The number of aromatic nitrogens is 2. The van der Waals surface area contributed by atoms with Crippen LogP contribution >= 0.6 is 11.6 Å². The van der Waals surface area contributed by atoms with Gasteiger partial charge in [-0.15, -0.1) is 0 Å². The Kier molecular flexibility index (Phi) is 4.49. The van der Waals surface area contributed by atoms with Crippen LogP contribution in [0, 0.1) is 5.92 Å². The van der Waals surface area contributed by atoms with Crippen LogP contribution in [0.1, 0.15) is 43.0 Å². The third-order valence-corrected chi connectivity index (χ3v) is 4.41. The molecule has 2 saturated carbocycles. The molecule has 2 aromatic rings. The summed E-state index contributed by atoms with van der Waals surface area (Å²) in [7, 11) is 0. The van der Waals surface area contributed by atoms with Gasteiger partial charge in [-0.2, -0.15) is 13.2 Å². The molecule has 0 aliphatic heterocycles. The summed E-state index contributed by atoms with van der Waals surface area (Å²) in [5.74, 6) is 6.30. The highest BCUT2D eigenvalue weighted by atomic mass is 35.5. The fraction of sp³-hybridized carbons (Fsp3) is 0.438. The second kappa shape index (κ2) is 6.33. The van der Waals surface area contributed by atoms with E-state index < -0.39 is 17.3 Å². The molecule has 1 aromatic heterocycles. The van der Waals surface area contributed by atoms with Crippen LogP contribution in [-0.2, 0) is 11.0 Å². The van der Waals surface area contributed by atoms with Gasteiger partial charge in [0, 0.05) is 11.8 Å². The van der Waals surface area contributed by atoms with Crippen molar-refractivity contribution in [3.63, 3.8) is 0 Å². The maximum Gasteiger partial charge on any atom is 0.416 e. The highest BCUT2D eigenvalue weighted by Gasteiger charge is 2.32. The van der Waals surface area contributed by atoms with E-state index in [0.717, 1.165) is 48.6 Å². The van der Waals surface area contributed by atoms with Gasteiger partial charge < -0.3 is 5.84 Å². The van der Waals surface area contributed by atoms with E-state index in [2.05, 4.69) is 4.98 Å². The lowest BCUT2D eigenvalue weighted by atomic mass is 10.1. The molecule has 1 aromatic carbocycles. The van der Waals surface area contributed by atoms with E-state index in [4.69, 9.17) is 17.4 Å². The first kappa shape index (κ1) is 17.7. The molecule has 2 fully saturated rings. The number of rotatable bonds is 2. The molecule has 0 spiro atoms. The lowest BCUT2D eigenvalue weighted by Gasteiger charge is -2.10. The molecule has 0 radical (unpaired) electrons. The van der Waals surface area contributed by atoms with E-state index in [1.165, 1.54) is 0 Å². The van der Waals surface area contributed by atoms with E-state index in [-0.39, 0.29) is 28.0 Å². The van der Waals surface area contributed by atoms with Crippen molar-refractivity contribution in [2.24, 2.45) is 5.92 Å². The van der Waals surface area contributed by atoms with Gasteiger partial charge in [0.05, 0.1) is 16.5 Å². The minimum atomic E-state index is -4.45. The van der Waals surface area contributed by atoms with Crippen LogP contribution in [0.25, 0.3) is 10.9 Å². The van der Waals surface area contributed by atoms with E-state index in [1.54, 1.807) is 0 Å². The highest BCUT2D eigenvalue weighted by Crippen LogP contribution is 2.38. The number of nitrogens with two attached hydrogens (primary N) is 1. The molecule has 134 valence electrons. The number of carbonyl (C=O) groups excluding carboxylic acids is 1. The van der Waals surface area contributed by atoms with Gasteiger partial charge in [-0.05, 0) is 55.5 Å². The van der Waals surface area contributed by atoms with E-state index in [9.17, 15) is 22.8 Å². The molecule has 2 aliphatic rings. The fourth-order valence-corrected chi connectivity index (χ4v) is 2.55. The van der Waals surface area contributed by atoms with Crippen LogP contribution < -0.4 is 11.4 Å². The number of nitrogen functional groups attached to an aromatic ring is 1. The van der Waals surface area contributed by atoms with Crippen LogP contribution in [0.2, 0.25) is 0 Å². The quantitative estimate of drug-likeness (QED) is 0.648. The van der Waals surface area contributed by atoms with Crippen molar-refractivity contribution in [1.82, 2.24) is 9.66 Å². The van der Waals surface area contributed by atoms with Crippen molar-refractivity contribution in [1.29, 1.82) is 0 Å². The first-order chi connectivity index (χ1) is 11.7. The summed E-state index contributed by atoms with van der Waals surface area (Å²) in [6.45, 7) is 0. The van der Waals surface area contributed by atoms with Crippen molar-refractivity contribution in [2.45, 2.75) is 37.8 Å². The Morgan fingerprint density at radius 2 is 1.88 bits per heavy atom. The van der Waals surface area contributed by atoms with Gasteiger partial charge in [0.2, 0.25) is 5.24 Å². The standard InChI is InChI=1S/C12H10F3N3O.C4H5ClO/c13-12(14,15)7-3-4-8-9(5-7)17-10(6-1-2-6)18(16)11(8)19;5-4(6)3-1-2-3/h3-6H,1-2,16H2;3H,1-2H2. The van der Waals surface area contributed by atoms with Crippen molar-refractivity contribution < 1.29 is 18.0 Å². The van der Waals surface area contributed by atoms with Crippen molar-refractivity contribution in [2.75, 3.05) is 5.84 Å². The molecule has 0 saturated heterocycles. The zero-order chi connectivity index (χ0) is 18.4. The number of halogens is 4. The molecule has 2 aliphatic carbocycles. The van der Waals surface area contributed by atoms with E-state index in [1.807, 2.05) is 0 Å². The van der Waals surface area contributed by atoms with Crippen LogP contribution in [-0.4, -0.2) is 14.9 Å². The summed E-state index contributed by atoms with van der Waals surface area (Å²) in [4.78, 5) is 26.0. The molecular formula is C16H15ClF3N3O2. The summed E-state index contributed by atoms with van der Waals surface area (Å²) in [6, 6.07) is 2.87. The number of benzene rings is 1. The molecule has 0 unspecified atom stereocenters. The Hall–Kier alpha value is -2.09. The molecular weight excluding hydrogens is 359 g/mol. The molecule has 1 heterocycles.